The minimum atomic E-state index is -0.622. The van der Waals surface area contributed by atoms with E-state index in [1.54, 1.807) is 23.1 Å². The average molecular weight is 318 g/mol. The molecule has 6 heteroatoms. The van der Waals surface area contributed by atoms with Gasteiger partial charge in [0.15, 0.2) is 0 Å². The Kier molecular flexibility index (Phi) is 4.71. The summed E-state index contributed by atoms with van der Waals surface area (Å²) >= 11 is 0. The van der Waals surface area contributed by atoms with Crippen molar-refractivity contribution in [1.82, 2.24) is 10.1 Å². The van der Waals surface area contributed by atoms with Crippen molar-refractivity contribution in [3.05, 3.63) is 53.7 Å². The van der Waals surface area contributed by atoms with Gasteiger partial charge in [0, 0.05) is 19.2 Å². The van der Waals surface area contributed by atoms with Crippen LogP contribution in [0, 0.1) is 11.7 Å². The summed E-state index contributed by atoms with van der Waals surface area (Å²) in [5.41, 5.74) is 1.35. The first-order valence-corrected chi connectivity index (χ1v) is 7.74. The van der Waals surface area contributed by atoms with Gasteiger partial charge in [0.1, 0.15) is 12.1 Å². The Morgan fingerprint density at radius 3 is 2.61 bits per heavy atom. The summed E-state index contributed by atoms with van der Waals surface area (Å²) in [4.78, 5) is 14.0. The minimum absolute atomic E-state index is 0.0219. The molecule has 5 nitrogen and oxygen atoms in total. The molecule has 1 aliphatic heterocycles. The SMILES string of the molecule is O=C(Cc1ccon1)N1CCC(C(O)c2ccc(F)cc2)CC1. The lowest BCUT2D eigenvalue weighted by molar-refractivity contribution is -0.132. The molecule has 0 saturated carbocycles. The molecule has 1 fully saturated rings. The number of aromatic nitrogens is 1. The highest BCUT2D eigenvalue weighted by molar-refractivity contribution is 5.78. The van der Waals surface area contributed by atoms with Crippen LogP contribution >= 0.6 is 0 Å². The quantitative estimate of drug-likeness (QED) is 0.939. The van der Waals surface area contributed by atoms with Gasteiger partial charge in [-0.25, -0.2) is 4.39 Å². The molecule has 0 radical (unpaired) electrons. The lowest BCUT2D eigenvalue weighted by atomic mass is 9.87. The molecule has 0 spiro atoms. The fraction of sp³-hybridized carbons (Fsp3) is 0.412. The van der Waals surface area contributed by atoms with E-state index in [1.807, 2.05) is 0 Å². The van der Waals surface area contributed by atoms with E-state index in [4.69, 9.17) is 4.52 Å². The molecule has 1 aromatic heterocycles. The van der Waals surface area contributed by atoms with Crippen molar-refractivity contribution in [2.24, 2.45) is 5.92 Å². The Morgan fingerprint density at radius 1 is 1.30 bits per heavy atom. The van der Waals surface area contributed by atoms with E-state index < -0.39 is 6.10 Å². The maximum Gasteiger partial charge on any atom is 0.228 e. The number of piperidine rings is 1. The number of aliphatic hydroxyl groups is 1. The number of nitrogens with zero attached hydrogens (tertiary/aromatic N) is 2. The van der Waals surface area contributed by atoms with Crippen LogP contribution in [0.5, 0.6) is 0 Å². The molecule has 0 aliphatic carbocycles. The molecule has 1 amide bonds. The van der Waals surface area contributed by atoms with Gasteiger partial charge in [-0.1, -0.05) is 17.3 Å². The summed E-state index contributed by atoms with van der Waals surface area (Å²) in [5, 5.41) is 14.2. The van der Waals surface area contributed by atoms with Crippen LogP contribution in [0.2, 0.25) is 0 Å². The van der Waals surface area contributed by atoms with Crippen molar-refractivity contribution >= 4 is 5.91 Å². The second kappa shape index (κ2) is 6.91. The maximum absolute atomic E-state index is 13.0. The number of carbonyl (C=O) groups is 1. The van der Waals surface area contributed by atoms with Crippen LogP contribution in [-0.2, 0) is 11.2 Å². The van der Waals surface area contributed by atoms with E-state index in [0.29, 0.717) is 18.8 Å². The maximum atomic E-state index is 13.0. The fourth-order valence-corrected chi connectivity index (χ4v) is 2.99. The predicted molar refractivity (Wildman–Crippen MR) is 80.9 cm³/mol. The van der Waals surface area contributed by atoms with Crippen LogP contribution in [0.3, 0.4) is 0 Å². The van der Waals surface area contributed by atoms with Crippen LogP contribution in [0.1, 0.15) is 30.2 Å². The summed E-state index contributed by atoms with van der Waals surface area (Å²) in [6.45, 7) is 1.22. The highest BCUT2D eigenvalue weighted by atomic mass is 19.1. The van der Waals surface area contributed by atoms with E-state index >= 15 is 0 Å². The van der Waals surface area contributed by atoms with Crippen LogP contribution in [-0.4, -0.2) is 34.2 Å². The first kappa shape index (κ1) is 15.7. The lowest BCUT2D eigenvalue weighted by Crippen LogP contribution is -2.40. The van der Waals surface area contributed by atoms with Gasteiger partial charge in [-0.05, 0) is 36.5 Å². The van der Waals surface area contributed by atoms with Gasteiger partial charge in [-0.15, -0.1) is 0 Å². The normalized spacial score (nSPS) is 17.2. The molecular formula is C17H19FN2O3. The van der Waals surface area contributed by atoms with Gasteiger partial charge in [0.2, 0.25) is 5.91 Å². The molecule has 23 heavy (non-hydrogen) atoms. The number of benzene rings is 1. The summed E-state index contributed by atoms with van der Waals surface area (Å²) in [6, 6.07) is 7.62. The number of carbonyl (C=O) groups excluding carboxylic acids is 1. The molecule has 1 aromatic carbocycles. The van der Waals surface area contributed by atoms with Gasteiger partial charge in [0.05, 0.1) is 18.2 Å². The molecule has 1 unspecified atom stereocenters. The standard InChI is InChI=1S/C17H19FN2O3/c18-14-3-1-12(2-4-14)17(22)13-5-8-20(9-6-13)16(21)11-15-7-10-23-19-15/h1-4,7,10,13,17,22H,5-6,8-9,11H2. The molecule has 1 saturated heterocycles. The Balaban J connectivity index is 1.53. The van der Waals surface area contributed by atoms with Crippen molar-refractivity contribution in [2.45, 2.75) is 25.4 Å². The number of hydrogen-bond donors (Lipinski definition) is 1. The molecule has 122 valence electrons. The van der Waals surface area contributed by atoms with E-state index in [1.165, 1.54) is 18.4 Å². The van der Waals surface area contributed by atoms with E-state index in [9.17, 15) is 14.3 Å². The molecule has 3 rings (SSSR count). The number of likely N-dealkylation sites (tertiary alicyclic amines) is 1. The zero-order valence-electron chi connectivity index (χ0n) is 12.7. The molecule has 1 aliphatic rings. The number of amides is 1. The summed E-state index contributed by atoms with van der Waals surface area (Å²) in [7, 11) is 0. The molecule has 1 atom stereocenters. The van der Waals surface area contributed by atoms with Crippen molar-refractivity contribution < 1.29 is 18.8 Å². The van der Waals surface area contributed by atoms with Crippen molar-refractivity contribution in [3.8, 4) is 0 Å². The molecule has 2 heterocycles. The van der Waals surface area contributed by atoms with Gasteiger partial charge in [-0.3, -0.25) is 4.79 Å². The highest BCUT2D eigenvalue weighted by Gasteiger charge is 2.28. The zero-order chi connectivity index (χ0) is 16.2. The molecule has 1 N–H and O–H groups in total. The van der Waals surface area contributed by atoms with Gasteiger partial charge in [-0.2, -0.15) is 0 Å². The third kappa shape index (κ3) is 3.76. The molecular weight excluding hydrogens is 299 g/mol. The molecule has 2 aromatic rings. The van der Waals surface area contributed by atoms with E-state index in [0.717, 1.165) is 18.4 Å². The monoisotopic (exact) mass is 318 g/mol. The first-order chi connectivity index (χ1) is 11.1. The Hall–Kier alpha value is -2.21. The number of rotatable bonds is 4. The number of hydrogen-bond acceptors (Lipinski definition) is 4. The van der Waals surface area contributed by atoms with Crippen molar-refractivity contribution in [1.29, 1.82) is 0 Å². The average Bonchev–Trinajstić information content (AvgIpc) is 3.08. The largest absolute Gasteiger partial charge is 0.388 e. The Bertz CT molecular complexity index is 634. The topological polar surface area (TPSA) is 66.6 Å². The summed E-state index contributed by atoms with van der Waals surface area (Å²) in [5.74, 6) is -0.209. The van der Waals surface area contributed by atoms with Gasteiger partial charge < -0.3 is 14.5 Å². The Labute approximate surface area is 133 Å². The number of halogens is 1. The summed E-state index contributed by atoms with van der Waals surface area (Å²) < 4.78 is 17.7. The van der Waals surface area contributed by atoms with Crippen LogP contribution in [0.4, 0.5) is 4.39 Å². The van der Waals surface area contributed by atoms with Crippen molar-refractivity contribution in [3.63, 3.8) is 0 Å². The zero-order valence-corrected chi connectivity index (χ0v) is 12.7. The second-order valence-electron chi connectivity index (χ2n) is 5.88. The first-order valence-electron chi connectivity index (χ1n) is 7.74. The predicted octanol–water partition coefficient (Wildman–Crippen LogP) is 2.33. The van der Waals surface area contributed by atoms with Gasteiger partial charge >= 0.3 is 0 Å². The third-order valence-corrected chi connectivity index (χ3v) is 4.37. The highest BCUT2D eigenvalue weighted by Crippen LogP contribution is 2.30. The van der Waals surface area contributed by atoms with Gasteiger partial charge in [0.25, 0.3) is 0 Å². The minimum Gasteiger partial charge on any atom is -0.388 e. The van der Waals surface area contributed by atoms with E-state index in [-0.39, 0.29) is 24.1 Å². The summed E-state index contributed by atoms with van der Waals surface area (Å²) in [6.07, 6.45) is 2.52. The van der Waals surface area contributed by atoms with E-state index in [2.05, 4.69) is 5.16 Å². The van der Waals surface area contributed by atoms with Crippen LogP contribution in [0.15, 0.2) is 41.1 Å². The molecule has 0 bridgehead atoms. The van der Waals surface area contributed by atoms with Crippen LogP contribution < -0.4 is 0 Å². The smallest absolute Gasteiger partial charge is 0.228 e. The number of aliphatic hydroxyl groups excluding tert-OH is 1. The Morgan fingerprint density at radius 2 is 2.00 bits per heavy atom. The third-order valence-electron chi connectivity index (χ3n) is 4.37. The van der Waals surface area contributed by atoms with Crippen molar-refractivity contribution in [2.75, 3.05) is 13.1 Å². The second-order valence-corrected chi connectivity index (χ2v) is 5.88. The van der Waals surface area contributed by atoms with Crippen LogP contribution in [0.25, 0.3) is 0 Å². The lowest BCUT2D eigenvalue weighted by Gasteiger charge is -2.34. The fourth-order valence-electron chi connectivity index (χ4n) is 2.99.